The molecule has 138 valence electrons. The van der Waals surface area contributed by atoms with Crippen molar-refractivity contribution in [3.05, 3.63) is 35.6 Å². The van der Waals surface area contributed by atoms with Crippen LogP contribution in [0.2, 0.25) is 0 Å². The summed E-state index contributed by atoms with van der Waals surface area (Å²) in [5.74, 6) is -1.19. The second-order valence-corrected chi connectivity index (χ2v) is 8.09. The van der Waals surface area contributed by atoms with Gasteiger partial charge in [-0.1, -0.05) is 12.1 Å². The molecule has 0 spiro atoms. The number of hydrogen-bond donors (Lipinski definition) is 2. The number of piperidine rings is 1. The van der Waals surface area contributed by atoms with Crippen LogP contribution in [0.3, 0.4) is 0 Å². The number of nitrogens with one attached hydrogen (secondary N) is 2. The molecule has 2 N–H and O–H groups in total. The third kappa shape index (κ3) is 6.43. The first-order chi connectivity index (χ1) is 11.7. The molecule has 1 atom stereocenters. The molecule has 2 rings (SSSR count). The summed E-state index contributed by atoms with van der Waals surface area (Å²) < 4.78 is 37.5. The minimum absolute atomic E-state index is 0.0175. The van der Waals surface area contributed by atoms with E-state index >= 15 is 0 Å². The van der Waals surface area contributed by atoms with Crippen molar-refractivity contribution in [2.75, 3.05) is 25.9 Å². The molecule has 1 aromatic carbocycles. The van der Waals surface area contributed by atoms with Gasteiger partial charge in [-0.05, 0) is 30.5 Å². The number of halogens is 1. The van der Waals surface area contributed by atoms with Crippen LogP contribution in [0.4, 0.5) is 4.39 Å². The summed E-state index contributed by atoms with van der Waals surface area (Å²) in [5.41, 5.74) is 0.522. The third-order valence-electron chi connectivity index (χ3n) is 3.92. The van der Waals surface area contributed by atoms with Crippen LogP contribution in [0.5, 0.6) is 0 Å². The molecule has 9 heteroatoms. The fourth-order valence-corrected chi connectivity index (χ4v) is 3.63. The highest BCUT2D eigenvalue weighted by Crippen LogP contribution is 2.12. The quantitative estimate of drug-likeness (QED) is 0.737. The van der Waals surface area contributed by atoms with Gasteiger partial charge in [0.05, 0.1) is 19.2 Å². The molecule has 0 radical (unpaired) electrons. The van der Waals surface area contributed by atoms with Crippen molar-refractivity contribution in [1.82, 2.24) is 14.9 Å². The standard InChI is InChI=1S/C16H22FN3O4S/c1-25(23,24)20-7-3-6-14(11-20)19-16(22)10-18-15(21)9-12-4-2-5-13(17)8-12/h2,4-5,8,14H,3,6-7,9-11H2,1H3,(H,18,21)(H,19,22). The van der Waals surface area contributed by atoms with Gasteiger partial charge in [-0.15, -0.1) is 0 Å². The van der Waals surface area contributed by atoms with Gasteiger partial charge in [-0.25, -0.2) is 17.1 Å². The van der Waals surface area contributed by atoms with Crippen LogP contribution < -0.4 is 10.6 Å². The summed E-state index contributed by atoms with van der Waals surface area (Å²) in [5, 5.41) is 5.21. The van der Waals surface area contributed by atoms with Crippen LogP contribution in [-0.2, 0) is 26.0 Å². The van der Waals surface area contributed by atoms with E-state index < -0.39 is 15.8 Å². The molecule has 1 fully saturated rings. The molecular formula is C16H22FN3O4S. The second-order valence-electron chi connectivity index (χ2n) is 6.11. The Morgan fingerprint density at radius 2 is 2.08 bits per heavy atom. The van der Waals surface area contributed by atoms with Crippen LogP contribution in [0.1, 0.15) is 18.4 Å². The van der Waals surface area contributed by atoms with Gasteiger partial charge in [0, 0.05) is 19.1 Å². The first kappa shape index (κ1) is 19.3. The van der Waals surface area contributed by atoms with E-state index in [1.165, 1.54) is 22.5 Å². The van der Waals surface area contributed by atoms with E-state index in [-0.39, 0.29) is 37.4 Å². The second kappa shape index (κ2) is 8.39. The molecule has 1 aliphatic heterocycles. The highest BCUT2D eigenvalue weighted by atomic mass is 32.2. The zero-order chi connectivity index (χ0) is 18.4. The normalized spacial score (nSPS) is 18.6. The van der Waals surface area contributed by atoms with E-state index in [4.69, 9.17) is 0 Å². The zero-order valence-electron chi connectivity index (χ0n) is 14.0. The Morgan fingerprint density at radius 3 is 2.76 bits per heavy atom. The summed E-state index contributed by atoms with van der Waals surface area (Å²) in [6.07, 6.45) is 2.49. The molecule has 25 heavy (non-hydrogen) atoms. The maximum atomic E-state index is 13.1. The molecule has 0 bridgehead atoms. The minimum Gasteiger partial charge on any atom is -0.351 e. The molecule has 0 aliphatic carbocycles. The third-order valence-corrected chi connectivity index (χ3v) is 5.19. The van der Waals surface area contributed by atoms with Gasteiger partial charge in [0.1, 0.15) is 5.82 Å². The van der Waals surface area contributed by atoms with Gasteiger partial charge >= 0.3 is 0 Å². The molecule has 2 amide bonds. The van der Waals surface area contributed by atoms with E-state index in [0.29, 0.717) is 24.9 Å². The Balaban J connectivity index is 1.75. The summed E-state index contributed by atoms with van der Waals surface area (Å²) in [6, 6.07) is 5.43. The van der Waals surface area contributed by atoms with E-state index in [1.54, 1.807) is 6.07 Å². The number of benzene rings is 1. The summed E-state index contributed by atoms with van der Waals surface area (Å²) >= 11 is 0. The first-order valence-corrected chi connectivity index (χ1v) is 9.84. The van der Waals surface area contributed by atoms with Gasteiger partial charge in [0.15, 0.2) is 0 Å². The summed E-state index contributed by atoms with van der Waals surface area (Å²) in [7, 11) is -3.28. The van der Waals surface area contributed by atoms with Crippen molar-refractivity contribution in [2.24, 2.45) is 0 Å². The molecule has 0 saturated carbocycles. The van der Waals surface area contributed by atoms with Crippen LogP contribution >= 0.6 is 0 Å². The molecular weight excluding hydrogens is 349 g/mol. The lowest BCUT2D eigenvalue weighted by Crippen LogP contribution is -2.51. The van der Waals surface area contributed by atoms with Gasteiger partial charge < -0.3 is 10.6 Å². The topological polar surface area (TPSA) is 95.6 Å². The van der Waals surface area contributed by atoms with Gasteiger partial charge in [-0.2, -0.15) is 0 Å². The van der Waals surface area contributed by atoms with Crippen molar-refractivity contribution in [3.63, 3.8) is 0 Å². The zero-order valence-corrected chi connectivity index (χ0v) is 14.8. The number of amides is 2. The monoisotopic (exact) mass is 371 g/mol. The van der Waals surface area contributed by atoms with Crippen LogP contribution in [-0.4, -0.2) is 56.5 Å². The summed E-state index contributed by atoms with van der Waals surface area (Å²) in [4.78, 5) is 23.7. The van der Waals surface area contributed by atoms with Crippen molar-refractivity contribution in [2.45, 2.75) is 25.3 Å². The highest BCUT2D eigenvalue weighted by Gasteiger charge is 2.26. The van der Waals surface area contributed by atoms with Crippen molar-refractivity contribution >= 4 is 21.8 Å². The van der Waals surface area contributed by atoms with Crippen LogP contribution in [0.15, 0.2) is 24.3 Å². The molecule has 7 nitrogen and oxygen atoms in total. The number of sulfonamides is 1. The Bertz CT molecular complexity index is 739. The maximum Gasteiger partial charge on any atom is 0.239 e. The number of rotatable bonds is 6. The molecule has 1 aliphatic rings. The van der Waals surface area contributed by atoms with Crippen molar-refractivity contribution < 1.29 is 22.4 Å². The average molecular weight is 371 g/mol. The van der Waals surface area contributed by atoms with Crippen molar-refractivity contribution in [3.8, 4) is 0 Å². The lowest BCUT2D eigenvalue weighted by atomic mass is 10.1. The molecule has 1 saturated heterocycles. The van der Waals surface area contributed by atoms with E-state index in [9.17, 15) is 22.4 Å². The predicted molar refractivity (Wildman–Crippen MR) is 90.7 cm³/mol. The van der Waals surface area contributed by atoms with Gasteiger partial charge in [-0.3, -0.25) is 9.59 Å². The van der Waals surface area contributed by atoms with E-state index in [2.05, 4.69) is 10.6 Å². The largest absolute Gasteiger partial charge is 0.351 e. The summed E-state index contributed by atoms with van der Waals surface area (Å²) in [6.45, 7) is 0.487. The molecule has 1 unspecified atom stereocenters. The fourth-order valence-electron chi connectivity index (χ4n) is 2.71. The lowest BCUT2D eigenvalue weighted by molar-refractivity contribution is -0.126. The molecule has 1 heterocycles. The number of carbonyl (C=O) groups excluding carboxylic acids is 2. The van der Waals surface area contributed by atoms with Crippen LogP contribution in [0, 0.1) is 5.82 Å². The van der Waals surface area contributed by atoms with Crippen molar-refractivity contribution in [1.29, 1.82) is 0 Å². The average Bonchev–Trinajstić information content (AvgIpc) is 2.52. The Hall–Kier alpha value is -2.00. The fraction of sp³-hybridized carbons (Fsp3) is 0.500. The number of hydrogen-bond acceptors (Lipinski definition) is 4. The molecule has 1 aromatic rings. The van der Waals surface area contributed by atoms with E-state index in [0.717, 1.165) is 6.26 Å². The first-order valence-electron chi connectivity index (χ1n) is 7.99. The molecule has 0 aromatic heterocycles. The van der Waals surface area contributed by atoms with Gasteiger partial charge in [0.25, 0.3) is 0 Å². The number of nitrogens with zero attached hydrogens (tertiary/aromatic N) is 1. The van der Waals surface area contributed by atoms with E-state index in [1.807, 2.05) is 0 Å². The Labute approximate surface area is 146 Å². The van der Waals surface area contributed by atoms with Gasteiger partial charge in [0.2, 0.25) is 21.8 Å². The van der Waals surface area contributed by atoms with Crippen LogP contribution in [0.25, 0.3) is 0 Å². The lowest BCUT2D eigenvalue weighted by Gasteiger charge is -2.31. The Kier molecular flexibility index (Phi) is 6.49. The number of carbonyl (C=O) groups is 2. The highest BCUT2D eigenvalue weighted by molar-refractivity contribution is 7.88. The SMILES string of the molecule is CS(=O)(=O)N1CCCC(NC(=O)CNC(=O)Cc2cccc(F)c2)C1. The smallest absolute Gasteiger partial charge is 0.239 e. The maximum absolute atomic E-state index is 13.1. The minimum atomic E-state index is -3.28. The predicted octanol–water partition coefficient (Wildman–Crippen LogP) is 0.0246. The Morgan fingerprint density at radius 1 is 1.32 bits per heavy atom.